The Labute approximate surface area is 131 Å². The van der Waals surface area contributed by atoms with Gasteiger partial charge in [0.1, 0.15) is 6.04 Å². The van der Waals surface area contributed by atoms with Gasteiger partial charge in [0, 0.05) is 18.3 Å². The molecule has 0 aromatic carbocycles. The van der Waals surface area contributed by atoms with Crippen LogP contribution in [0, 0.1) is 5.92 Å². The van der Waals surface area contributed by atoms with E-state index in [1.54, 1.807) is 0 Å². The second-order valence-electron chi connectivity index (χ2n) is 5.87. The third-order valence-corrected chi connectivity index (χ3v) is 3.74. The second kappa shape index (κ2) is 7.98. The molecule has 124 valence electrons. The van der Waals surface area contributed by atoms with Gasteiger partial charge in [0.15, 0.2) is 5.75 Å². The Kier molecular flexibility index (Phi) is 6.61. The maximum absolute atomic E-state index is 11.7. The number of rotatable bonds is 8. The molecule has 1 aromatic rings. The number of aromatic hydroxyl groups is 1. The minimum absolute atomic E-state index is 0.184. The number of carboxylic acid groups (broad SMARTS) is 1. The molecule has 0 aliphatic heterocycles. The molecule has 0 aliphatic carbocycles. The third-order valence-electron chi connectivity index (χ3n) is 3.74. The van der Waals surface area contributed by atoms with E-state index < -0.39 is 23.2 Å². The van der Waals surface area contributed by atoms with Gasteiger partial charge in [-0.3, -0.25) is 9.69 Å². The maximum atomic E-state index is 11.7. The lowest BCUT2D eigenvalue weighted by molar-refractivity contribution is -0.141. The Hall–Kier alpha value is -1.82. The van der Waals surface area contributed by atoms with Crippen molar-refractivity contribution >= 4 is 5.97 Å². The molecule has 1 unspecified atom stereocenters. The summed E-state index contributed by atoms with van der Waals surface area (Å²) in [7, 11) is 0. The predicted molar refractivity (Wildman–Crippen MR) is 85.1 cm³/mol. The van der Waals surface area contributed by atoms with Crippen LogP contribution in [0.1, 0.15) is 45.9 Å². The highest BCUT2D eigenvalue weighted by molar-refractivity contribution is 5.72. The zero-order valence-electron chi connectivity index (χ0n) is 13.7. The summed E-state index contributed by atoms with van der Waals surface area (Å²) in [5, 5.41) is 19.2. The van der Waals surface area contributed by atoms with Gasteiger partial charge in [-0.05, 0) is 25.4 Å². The van der Waals surface area contributed by atoms with Crippen molar-refractivity contribution in [3.63, 3.8) is 0 Å². The first kappa shape index (κ1) is 18.2. The minimum atomic E-state index is -0.961. The van der Waals surface area contributed by atoms with E-state index in [0.29, 0.717) is 18.7 Å². The molecule has 0 fully saturated rings. The molecule has 6 heteroatoms. The van der Waals surface area contributed by atoms with Crippen LogP contribution in [-0.2, 0) is 11.3 Å². The third kappa shape index (κ3) is 4.59. The second-order valence-corrected chi connectivity index (χ2v) is 5.87. The van der Waals surface area contributed by atoms with Crippen molar-refractivity contribution < 1.29 is 15.0 Å². The van der Waals surface area contributed by atoms with Crippen molar-refractivity contribution in [2.24, 2.45) is 5.92 Å². The fraction of sp³-hybridized carbons (Fsp3) is 0.625. The van der Waals surface area contributed by atoms with Crippen LogP contribution in [0.5, 0.6) is 5.75 Å². The molecule has 0 saturated heterocycles. The molecular formula is C16H26N2O4. The average Bonchev–Trinajstić information content (AvgIpc) is 2.45. The summed E-state index contributed by atoms with van der Waals surface area (Å²) in [6, 6.07) is 0.543. The highest BCUT2D eigenvalue weighted by atomic mass is 16.4. The number of carbonyl (C=O) groups is 1. The highest BCUT2D eigenvalue weighted by Crippen LogP contribution is 2.22. The first-order valence-corrected chi connectivity index (χ1v) is 7.69. The monoisotopic (exact) mass is 310 g/mol. The van der Waals surface area contributed by atoms with E-state index >= 15 is 0 Å². The Morgan fingerprint density at radius 3 is 2.36 bits per heavy atom. The van der Waals surface area contributed by atoms with Gasteiger partial charge < -0.3 is 14.8 Å². The van der Waals surface area contributed by atoms with Crippen LogP contribution >= 0.6 is 0 Å². The summed E-state index contributed by atoms with van der Waals surface area (Å²) in [5.41, 5.74) is 0.131. The molecule has 6 nitrogen and oxygen atoms in total. The average molecular weight is 310 g/mol. The van der Waals surface area contributed by atoms with Gasteiger partial charge in [-0.2, -0.15) is 0 Å². The minimum Gasteiger partial charge on any atom is -0.503 e. The van der Waals surface area contributed by atoms with Gasteiger partial charge in [0.05, 0.1) is 6.20 Å². The lowest BCUT2D eigenvalue weighted by atomic mass is 10.0. The van der Waals surface area contributed by atoms with E-state index in [1.165, 1.54) is 16.8 Å². The quantitative estimate of drug-likeness (QED) is 0.768. The summed E-state index contributed by atoms with van der Waals surface area (Å²) in [4.78, 5) is 25.4. The highest BCUT2D eigenvalue weighted by Gasteiger charge is 2.23. The molecule has 1 heterocycles. The molecule has 22 heavy (non-hydrogen) atoms. The normalized spacial score (nSPS) is 12.8. The zero-order valence-corrected chi connectivity index (χ0v) is 13.7. The van der Waals surface area contributed by atoms with Gasteiger partial charge in [-0.1, -0.05) is 27.7 Å². The first-order chi connectivity index (χ1) is 10.3. The molecule has 0 aliphatic rings. The summed E-state index contributed by atoms with van der Waals surface area (Å²) in [5.74, 6) is -1.19. The lowest BCUT2D eigenvalue weighted by Gasteiger charge is -2.25. The molecule has 0 spiro atoms. The summed E-state index contributed by atoms with van der Waals surface area (Å²) < 4.78 is 1.53. The number of aliphatic carboxylic acids is 1. The van der Waals surface area contributed by atoms with Gasteiger partial charge in [0.25, 0.3) is 0 Å². The number of aromatic nitrogens is 1. The van der Waals surface area contributed by atoms with Gasteiger partial charge in [-0.25, -0.2) is 4.79 Å². The van der Waals surface area contributed by atoms with E-state index in [9.17, 15) is 19.8 Å². The Balaban J connectivity index is 3.32. The SMILES string of the molecule is CCN(CC)Cc1cc(=O)c(O)cn1C(CC(C)C)C(=O)O. The van der Waals surface area contributed by atoms with Crippen molar-refractivity contribution in [1.82, 2.24) is 9.47 Å². The van der Waals surface area contributed by atoms with Crippen LogP contribution < -0.4 is 5.43 Å². The summed E-state index contributed by atoms with van der Waals surface area (Å²) >= 11 is 0. The molecule has 0 amide bonds. The van der Waals surface area contributed by atoms with Crippen LogP contribution in [0.25, 0.3) is 0 Å². The molecule has 1 rings (SSSR count). The van der Waals surface area contributed by atoms with Crippen molar-refractivity contribution in [2.45, 2.75) is 46.7 Å². The molecule has 2 N–H and O–H groups in total. The molecule has 0 radical (unpaired) electrons. The smallest absolute Gasteiger partial charge is 0.326 e. The van der Waals surface area contributed by atoms with Crippen molar-refractivity contribution in [2.75, 3.05) is 13.1 Å². The zero-order chi connectivity index (χ0) is 16.9. The molecular weight excluding hydrogens is 284 g/mol. The fourth-order valence-corrected chi connectivity index (χ4v) is 2.45. The van der Waals surface area contributed by atoms with Crippen molar-refractivity contribution in [3.8, 4) is 5.75 Å². The first-order valence-electron chi connectivity index (χ1n) is 7.69. The van der Waals surface area contributed by atoms with Crippen molar-refractivity contribution in [3.05, 3.63) is 28.2 Å². The number of carboxylic acids is 1. The Morgan fingerprint density at radius 2 is 1.91 bits per heavy atom. The standard InChI is InChI=1S/C16H26N2O4/c1-5-17(6-2)9-12-8-14(19)15(20)10-18(12)13(16(21)22)7-11(3)4/h8,10-11,13,20H,5-7,9H2,1-4H3,(H,21,22). The summed E-state index contributed by atoms with van der Waals surface area (Å²) in [6.45, 7) is 9.99. The topological polar surface area (TPSA) is 82.8 Å². The Bertz CT molecular complexity index is 562. The van der Waals surface area contributed by atoms with E-state index in [2.05, 4.69) is 4.90 Å². The van der Waals surface area contributed by atoms with Crippen LogP contribution in [0.4, 0.5) is 0 Å². The van der Waals surface area contributed by atoms with E-state index in [0.717, 1.165) is 13.1 Å². The summed E-state index contributed by atoms with van der Waals surface area (Å²) in [6.07, 6.45) is 1.69. The maximum Gasteiger partial charge on any atom is 0.326 e. The number of hydrogen-bond acceptors (Lipinski definition) is 4. The van der Waals surface area contributed by atoms with E-state index in [1.807, 2.05) is 27.7 Å². The molecule has 1 aromatic heterocycles. The number of pyridine rings is 1. The van der Waals surface area contributed by atoms with Gasteiger partial charge in [0.2, 0.25) is 5.43 Å². The van der Waals surface area contributed by atoms with Gasteiger partial charge in [-0.15, -0.1) is 0 Å². The fourth-order valence-electron chi connectivity index (χ4n) is 2.45. The largest absolute Gasteiger partial charge is 0.503 e. The molecule has 0 bridgehead atoms. The lowest BCUT2D eigenvalue weighted by Crippen LogP contribution is -2.30. The van der Waals surface area contributed by atoms with Crippen LogP contribution in [-0.4, -0.2) is 38.7 Å². The van der Waals surface area contributed by atoms with Gasteiger partial charge >= 0.3 is 5.97 Å². The van der Waals surface area contributed by atoms with E-state index in [4.69, 9.17) is 0 Å². The number of nitrogens with zero attached hydrogens (tertiary/aromatic N) is 2. The van der Waals surface area contributed by atoms with Crippen LogP contribution in [0.2, 0.25) is 0 Å². The molecule has 0 saturated carbocycles. The molecule has 1 atom stereocenters. The van der Waals surface area contributed by atoms with Crippen LogP contribution in [0.15, 0.2) is 17.1 Å². The van der Waals surface area contributed by atoms with Crippen molar-refractivity contribution in [1.29, 1.82) is 0 Å². The predicted octanol–water partition coefficient (Wildman–Crippen LogP) is 2.07. The Morgan fingerprint density at radius 1 is 1.32 bits per heavy atom. The number of hydrogen-bond donors (Lipinski definition) is 2. The van der Waals surface area contributed by atoms with E-state index in [-0.39, 0.29) is 5.92 Å². The van der Waals surface area contributed by atoms with Crippen LogP contribution in [0.3, 0.4) is 0 Å².